The van der Waals surface area contributed by atoms with Crippen LogP contribution in [0.5, 0.6) is 11.5 Å². The molecule has 0 spiro atoms. The molecule has 0 saturated carbocycles. The van der Waals surface area contributed by atoms with Crippen molar-refractivity contribution in [3.05, 3.63) is 47.9 Å². The molecule has 2 aromatic rings. The zero-order chi connectivity index (χ0) is 20.6. The number of hydrogen-bond donors (Lipinski definition) is 0. The Bertz CT molecular complexity index is 813. The highest BCUT2D eigenvalue weighted by atomic mass is 16.5. The van der Waals surface area contributed by atoms with E-state index >= 15 is 0 Å². The minimum Gasteiger partial charge on any atom is -0.490 e. The Hall–Kier alpha value is -2.96. The van der Waals surface area contributed by atoms with Crippen LogP contribution in [0, 0.1) is 0 Å². The second kappa shape index (κ2) is 10.0. The van der Waals surface area contributed by atoms with Crippen LogP contribution in [0.3, 0.4) is 0 Å². The van der Waals surface area contributed by atoms with Crippen LogP contribution in [0.4, 0.5) is 0 Å². The fourth-order valence-corrected chi connectivity index (χ4v) is 3.33. The van der Waals surface area contributed by atoms with Crippen LogP contribution in [-0.4, -0.2) is 55.0 Å². The number of benzene rings is 1. The van der Waals surface area contributed by atoms with Crippen LogP contribution in [-0.2, 0) is 11.3 Å². The molecular formula is C22H28N2O5. The van der Waals surface area contributed by atoms with Crippen molar-refractivity contribution in [3.8, 4) is 11.5 Å². The van der Waals surface area contributed by atoms with Crippen molar-refractivity contribution in [1.82, 2.24) is 9.80 Å². The summed E-state index contributed by atoms with van der Waals surface area (Å²) in [5.41, 5.74) is 0.484. The van der Waals surface area contributed by atoms with Crippen LogP contribution >= 0.6 is 0 Å². The highest BCUT2D eigenvalue weighted by molar-refractivity contribution is 5.94. The van der Waals surface area contributed by atoms with Crippen molar-refractivity contribution in [2.45, 2.75) is 32.7 Å². The summed E-state index contributed by atoms with van der Waals surface area (Å²) in [4.78, 5) is 28.5. The van der Waals surface area contributed by atoms with Gasteiger partial charge in [0.25, 0.3) is 11.8 Å². The fourth-order valence-electron chi connectivity index (χ4n) is 3.33. The molecule has 7 heteroatoms. The summed E-state index contributed by atoms with van der Waals surface area (Å²) in [6.07, 6.45) is 4.83. The van der Waals surface area contributed by atoms with E-state index < -0.39 is 0 Å². The number of nitrogens with zero attached hydrogens (tertiary/aromatic N) is 2. The maximum Gasteiger partial charge on any atom is 0.260 e. The summed E-state index contributed by atoms with van der Waals surface area (Å²) in [5.74, 6) is 1.45. The lowest BCUT2D eigenvalue weighted by molar-refractivity contribution is -0.134. The number of furan rings is 1. The van der Waals surface area contributed by atoms with E-state index in [-0.39, 0.29) is 18.4 Å². The molecule has 1 aliphatic heterocycles. The molecule has 0 N–H and O–H groups in total. The first-order valence-electron chi connectivity index (χ1n) is 10.0. The van der Waals surface area contributed by atoms with Gasteiger partial charge in [-0.3, -0.25) is 9.59 Å². The van der Waals surface area contributed by atoms with E-state index in [0.29, 0.717) is 36.0 Å². The predicted octanol–water partition coefficient (Wildman–Crippen LogP) is 3.34. The molecule has 1 aromatic carbocycles. The van der Waals surface area contributed by atoms with Crippen LogP contribution in [0.1, 0.15) is 42.3 Å². The van der Waals surface area contributed by atoms with Gasteiger partial charge in [0.05, 0.1) is 19.4 Å². The SMILES string of the molecule is CCOc1cc(C(=O)N(C)Cc2ccco2)ccc1OCC(=O)N1CCCCC1. The first-order chi connectivity index (χ1) is 14.1. The van der Waals surface area contributed by atoms with Crippen molar-refractivity contribution >= 4 is 11.8 Å². The fraction of sp³-hybridized carbons (Fsp3) is 0.455. The van der Waals surface area contributed by atoms with E-state index in [4.69, 9.17) is 13.9 Å². The van der Waals surface area contributed by atoms with E-state index in [1.165, 1.54) is 6.42 Å². The lowest BCUT2D eigenvalue weighted by atomic mass is 10.1. The molecule has 2 amide bonds. The molecule has 0 aliphatic carbocycles. The van der Waals surface area contributed by atoms with Gasteiger partial charge in [-0.05, 0) is 56.5 Å². The number of likely N-dealkylation sites (tertiary alicyclic amines) is 1. The molecule has 1 aliphatic rings. The van der Waals surface area contributed by atoms with Crippen LogP contribution in [0.2, 0.25) is 0 Å². The molecule has 2 heterocycles. The predicted molar refractivity (Wildman–Crippen MR) is 108 cm³/mol. The zero-order valence-corrected chi connectivity index (χ0v) is 17.1. The number of hydrogen-bond acceptors (Lipinski definition) is 5. The molecule has 1 aromatic heterocycles. The van der Waals surface area contributed by atoms with E-state index in [0.717, 1.165) is 25.9 Å². The zero-order valence-electron chi connectivity index (χ0n) is 17.1. The summed E-state index contributed by atoms with van der Waals surface area (Å²) in [6.45, 7) is 4.20. The van der Waals surface area contributed by atoms with Gasteiger partial charge < -0.3 is 23.7 Å². The second-order valence-electron chi connectivity index (χ2n) is 7.07. The Morgan fingerprint density at radius 1 is 1.10 bits per heavy atom. The van der Waals surface area contributed by atoms with Crippen molar-refractivity contribution in [2.75, 3.05) is 33.4 Å². The van der Waals surface area contributed by atoms with Crippen molar-refractivity contribution in [2.24, 2.45) is 0 Å². The van der Waals surface area contributed by atoms with Gasteiger partial charge in [-0.15, -0.1) is 0 Å². The van der Waals surface area contributed by atoms with Gasteiger partial charge in [0.15, 0.2) is 18.1 Å². The van der Waals surface area contributed by atoms with Gasteiger partial charge in [-0.1, -0.05) is 0 Å². The third-order valence-electron chi connectivity index (χ3n) is 4.87. The summed E-state index contributed by atoms with van der Waals surface area (Å²) < 4.78 is 16.7. The molecule has 0 bridgehead atoms. The molecule has 0 atom stereocenters. The number of piperidine rings is 1. The number of ether oxygens (including phenoxy) is 2. The lowest BCUT2D eigenvalue weighted by Gasteiger charge is -2.26. The number of amides is 2. The maximum atomic E-state index is 12.7. The highest BCUT2D eigenvalue weighted by Crippen LogP contribution is 2.29. The Morgan fingerprint density at radius 3 is 2.59 bits per heavy atom. The van der Waals surface area contributed by atoms with E-state index in [1.807, 2.05) is 17.9 Å². The van der Waals surface area contributed by atoms with Gasteiger partial charge in [0, 0.05) is 25.7 Å². The summed E-state index contributed by atoms with van der Waals surface area (Å²) in [5, 5.41) is 0. The third-order valence-corrected chi connectivity index (χ3v) is 4.87. The standard InChI is InChI=1S/C22H28N2O5/c1-3-27-20-14-17(22(26)23(2)15-18-8-7-13-28-18)9-10-19(20)29-16-21(25)24-11-5-4-6-12-24/h7-10,13-14H,3-6,11-12,15-16H2,1-2H3. The number of carbonyl (C=O) groups excluding carboxylic acids is 2. The normalized spacial score (nSPS) is 13.8. The maximum absolute atomic E-state index is 12.7. The van der Waals surface area contributed by atoms with Crippen LogP contribution in [0.25, 0.3) is 0 Å². The Kier molecular flexibility index (Phi) is 7.16. The molecule has 156 valence electrons. The summed E-state index contributed by atoms with van der Waals surface area (Å²) in [7, 11) is 1.72. The molecule has 3 rings (SSSR count). The third kappa shape index (κ3) is 5.53. The molecule has 0 radical (unpaired) electrons. The van der Waals surface area contributed by atoms with Gasteiger partial charge >= 0.3 is 0 Å². The molecular weight excluding hydrogens is 372 g/mol. The number of rotatable bonds is 8. The first-order valence-corrected chi connectivity index (χ1v) is 10.0. The molecule has 1 fully saturated rings. The number of carbonyl (C=O) groups is 2. The largest absolute Gasteiger partial charge is 0.490 e. The Balaban J connectivity index is 1.65. The van der Waals surface area contributed by atoms with Gasteiger partial charge in [-0.25, -0.2) is 0 Å². The van der Waals surface area contributed by atoms with E-state index in [1.54, 1.807) is 42.5 Å². The van der Waals surface area contributed by atoms with Gasteiger partial charge in [0.2, 0.25) is 0 Å². The molecule has 1 saturated heterocycles. The monoisotopic (exact) mass is 400 g/mol. The minimum absolute atomic E-state index is 0.0227. The Labute approximate surface area is 171 Å². The average molecular weight is 400 g/mol. The molecule has 0 unspecified atom stereocenters. The van der Waals surface area contributed by atoms with Crippen molar-refractivity contribution in [1.29, 1.82) is 0 Å². The Morgan fingerprint density at radius 2 is 1.90 bits per heavy atom. The second-order valence-corrected chi connectivity index (χ2v) is 7.07. The lowest BCUT2D eigenvalue weighted by Crippen LogP contribution is -2.38. The molecule has 29 heavy (non-hydrogen) atoms. The quantitative estimate of drug-likeness (QED) is 0.680. The highest BCUT2D eigenvalue weighted by Gasteiger charge is 2.19. The van der Waals surface area contributed by atoms with Gasteiger partial charge in [0.1, 0.15) is 5.76 Å². The van der Waals surface area contributed by atoms with Crippen molar-refractivity contribution in [3.63, 3.8) is 0 Å². The summed E-state index contributed by atoms with van der Waals surface area (Å²) in [6, 6.07) is 8.64. The van der Waals surface area contributed by atoms with Gasteiger partial charge in [-0.2, -0.15) is 0 Å². The van der Waals surface area contributed by atoms with Crippen LogP contribution < -0.4 is 9.47 Å². The van der Waals surface area contributed by atoms with Crippen LogP contribution in [0.15, 0.2) is 41.0 Å². The van der Waals surface area contributed by atoms with Crippen molar-refractivity contribution < 1.29 is 23.5 Å². The van der Waals surface area contributed by atoms with E-state index in [2.05, 4.69) is 0 Å². The summed E-state index contributed by atoms with van der Waals surface area (Å²) >= 11 is 0. The molecule has 7 nitrogen and oxygen atoms in total. The average Bonchev–Trinajstić information content (AvgIpc) is 3.26. The first kappa shape index (κ1) is 20.8. The smallest absolute Gasteiger partial charge is 0.260 e. The van der Waals surface area contributed by atoms with E-state index in [9.17, 15) is 9.59 Å². The topological polar surface area (TPSA) is 72.2 Å². The minimum atomic E-state index is -0.154.